The number of hydrogen-bond acceptors (Lipinski definition) is 4. The summed E-state index contributed by atoms with van der Waals surface area (Å²) in [6.07, 6.45) is 6.78. The van der Waals surface area contributed by atoms with Crippen LogP contribution in [0.15, 0.2) is 70.9 Å². The first-order valence-corrected chi connectivity index (χ1v) is 6.71. The highest BCUT2D eigenvalue weighted by molar-refractivity contribution is 6.00. The zero-order chi connectivity index (χ0) is 15.4. The van der Waals surface area contributed by atoms with E-state index in [0.717, 1.165) is 11.3 Å². The average molecular weight is 294 g/mol. The van der Waals surface area contributed by atoms with Crippen LogP contribution in [-0.2, 0) is 0 Å². The van der Waals surface area contributed by atoms with Crippen molar-refractivity contribution in [2.24, 2.45) is 5.10 Å². The van der Waals surface area contributed by atoms with Crippen molar-refractivity contribution in [1.82, 2.24) is 15.0 Å². The molecule has 1 aromatic carbocycles. The summed E-state index contributed by atoms with van der Waals surface area (Å²) < 4.78 is 6.91. The monoisotopic (exact) mass is 294 g/mol. The lowest BCUT2D eigenvalue weighted by Gasteiger charge is -2.05. The zero-order valence-electron chi connectivity index (χ0n) is 11.9. The predicted octanol–water partition coefficient (Wildman–Crippen LogP) is 2.62. The third-order valence-corrected chi connectivity index (χ3v) is 3.16. The van der Waals surface area contributed by atoms with Crippen LogP contribution < -0.4 is 5.43 Å². The number of hydrazone groups is 1. The second-order valence-corrected chi connectivity index (χ2v) is 4.63. The van der Waals surface area contributed by atoms with Gasteiger partial charge in [0.2, 0.25) is 0 Å². The van der Waals surface area contributed by atoms with Crippen molar-refractivity contribution in [3.63, 3.8) is 0 Å². The number of carbonyl (C=O) groups excluding carboxylic acids is 1. The molecule has 0 bridgehead atoms. The van der Waals surface area contributed by atoms with Crippen molar-refractivity contribution in [1.29, 1.82) is 0 Å². The summed E-state index contributed by atoms with van der Waals surface area (Å²) in [5.74, 6) is -0.147. The third-order valence-electron chi connectivity index (χ3n) is 3.16. The molecule has 6 heteroatoms. The Balaban J connectivity index is 1.70. The van der Waals surface area contributed by atoms with Crippen LogP contribution in [0.25, 0.3) is 5.69 Å². The predicted molar refractivity (Wildman–Crippen MR) is 81.9 cm³/mol. The summed E-state index contributed by atoms with van der Waals surface area (Å²) >= 11 is 0. The van der Waals surface area contributed by atoms with Crippen LogP contribution in [0.3, 0.4) is 0 Å². The topological polar surface area (TPSA) is 72.4 Å². The Bertz CT molecular complexity index is 772. The standard InChI is InChI=1S/C16H14N4O2/c1-12(18-19-16(21)15-3-2-10-22-15)13-4-6-14(7-5-13)20-9-8-17-11-20/h2-11H,1H3,(H,19,21). The van der Waals surface area contributed by atoms with Crippen molar-refractivity contribution < 1.29 is 9.21 Å². The fourth-order valence-electron chi connectivity index (χ4n) is 1.95. The Hall–Kier alpha value is -3.15. The number of imidazole rings is 1. The van der Waals surface area contributed by atoms with Crippen LogP contribution >= 0.6 is 0 Å². The van der Waals surface area contributed by atoms with Crippen LogP contribution in [0.4, 0.5) is 0 Å². The second-order valence-electron chi connectivity index (χ2n) is 4.63. The number of amides is 1. The fourth-order valence-corrected chi connectivity index (χ4v) is 1.95. The summed E-state index contributed by atoms with van der Waals surface area (Å²) in [6.45, 7) is 1.83. The maximum absolute atomic E-state index is 11.7. The van der Waals surface area contributed by atoms with Crippen molar-refractivity contribution in [2.45, 2.75) is 6.92 Å². The van der Waals surface area contributed by atoms with E-state index in [2.05, 4.69) is 15.5 Å². The van der Waals surface area contributed by atoms with Crippen molar-refractivity contribution in [3.05, 3.63) is 72.7 Å². The van der Waals surface area contributed by atoms with E-state index >= 15 is 0 Å². The highest BCUT2D eigenvalue weighted by Gasteiger charge is 2.07. The molecule has 0 aliphatic carbocycles. The first-order chi connectivity index (χ1) is 10.7. The lowest BCUT2D eigenvalue weighted by atomic mass is 10.1. The molecule has 0 aliphatic heterocycles. The number of nitrogens with one attached hydrogen (secondary N) is 1. The summed E-state index contributed by atoms with van der Waals surface area (Å²) in [6, 6.07) is 11.0. The molecule has 1 N–H and O–H groups in total. The number of benzene rings is 1. The molecule has 3 aromatic rings. The number of rotatable bonds is 4. The first-order valence-electron chi connectivity index (χ1n) is 6.71. The summed E-state index contributed by atoms with van der Waals surface area (Å²) in [5.41, 5.74) is 5.10. The van der Waals surface area contributed by atoms with Gasteiger partial charge in [-0.15, -0.1) is 0 Å². The molecule has 0 spiro atoms. The van der Waals surface area contributed by atoms with Gasteiger partial charge in [-0.3, -0.25) is 4.79 Å². The Morgan fingerprint density at radius 1 is 1.27 bits per heavy atom. The number of nitrogens with zero attached hydrogens (tertiary/aromatic N) is 3. The van der Waals surface area contributed by atoms with Crippen molar-refractivity contribution >= 4 is 11.6 Å². The molecule has 2 aromatic heterocycles. The molecular weight excluding hydrogens is 280 g/mol. The number of carbonyl (C=O) groups is 1. The third kappa shape index (κ3) is 2.95. The van der Waals surface area contributed by atoms with Crippen molar-refractivity contribution in [2.75, 3.05) is 0 Å². The van der Waals surface area contributed by atoms with Gasteiger partial charge in [-0.2, -0.15) is 5.10 Å². The molecule has 0 fully saturated rings. The molecule has 110 valence electrons. The zero-order valence-corrected chi connectivity index (χ0v) is 11.9. The van der Waals surface area contributed by atoms with E-state index in [9.17, 15) is 4.79 Å². The smallest absolute Gasteiger partial charge is 0.307 e. The first kappa shape index (κ1) is 13.8. The lowest BCUT2D eigenvalue weighted by Crippen LogP contribution is -2.18. The van der Waals surface area contributed by atoms with E-state index in [1.807, 2.05) is 42.0 Å². The minimum Gasteiger partial charge on any atom is -0.459 e. The van der Waals surface area contributed by atoms with Gasteiger partial charge in [-0.05, 0) is 36.8 Å². The number of hydrogen-bond donors (Lipinski definition) is 1. The van der Waals surface area contributed by atoms with Gasteiger partial charge in [0.15, 0.2) is 5.76 Å². The molecule has 0 saturated heterocycles. The molecule has 22 heavy (non-hydrogen) atoms. The van der Waals surface area contributed by atoms with E-state index in [1.54, 1.807) is 24.7 Å². The maximum atomic E-state index is 11.7. The molecule has 0 saturated carbocycles. The van der Waals surface area contributed by atoms with Gasteiger partial charge < -0.3 is 8.98 Å². The van der Waals surface area contributed by atoms with Gasteiger partial charge in [0.05, 0.1) is 18.3 Å². The number of aromatic nitrogens is 2. The fraction of sp³-hybridized carbons (Fsp3) is 0.0625. The van der Waals surface area contributed by atoms with E-state index in [4.69, 9.17) is 4.42 Å². The van der Waals surface area contributed by atoms with Crippen LogP contribution in [0.2, 0.25) is 0 Å². The molecule has 2 heterocycles. The Labute approximate surface area is 127 Å². The van der Waals surface area contributed by atoms with Crippen LogP contribution in [-0.4, -0.2) is 21.2 Å². The minimum atomic E-state index is -0.376. The van der Waals surface area contributed by atoms with Crippen molar-refractivity contribution in [3.8, 4) is 5.69 Å². The molecule has 0 atom stereocenters. The molecule has 0 unspecified atom stereocenters. The molecule has 0 aliphatic rings. The van der Waals surface area contributed by atoms with Gasteiger partial charge in [-0.25, -0.2) is 10.4 Å². The molecule has 3 rings (SSSR count). The Kier molecular flexibility index (Phi) is 3.82. The molecular formula is C16H14N4O2. The Morgan fingerprint density at radius 2 is 2.09 bits per heavy atom. The van der Waals surface area contributed by atoms with Crippen LogP contribution in [0, 0.1) is 0 Å². The summed E-state index contributed by atoms with van der Waals surface area (Å²) in [7, 11) is 0. The van der Waals surface area contributed by atoms with E-state index in [0.29, 0.717) is 5.71 Å². The largest absolute Gasteiger partial charge is 0.459 e. The average Bonchev–Trinajstić information content (AvgIpc) is 3.25. The van der Waals surface area contributed by atoms with E-state index < -0.39 is 0 Å². The molecule has 0 radical (unpaired) electrons. The summed E-state index contributed by atoms with van der Waals surface area (Å²) in [4.78, 5) is 15.7. The van der Waals surface area contributed by atoms with Gasteiger partial charge in [0.1, 0.15) is 0 Å². The van der Waals surface area contributed by atoms with E-state index in [-0.39, 0.29) is 11.7 Å². The SMILES string of the molecule is CC(=NNC(=O)c1ccco1)c1ccc(-n2ccnc2)cc1. The minimum absolute atomic E-state index is 0.229. The highest BCUT2D eigenvalue weighted by Crippen LogP contribution is 2.10. The van der Waals surface area contributed by atoms with Crippen LogP contribution in [0.1, 0.15) is 23.0 Å². The van der Waals surface area contributed by atoms with Crippen LogP contribution in [0.5, 0.6) is 0 Å². The lowest BCUT2D eigenvalue weighted by molar-refractivity contribution is 0.0927. The van der Waals surface area contributed by atoms with E-state index in [1.165, 1.54) is 6.26 Å². The van der Waals surface area contributed by atoms with Gasteiger partial charge >= 0.3 is 5.91 Å². The maximum Gasteiger partial charge on any atom is 0.307 e. The second kappa shape index (κ2) is 6.09. The molecule has 6 nitrogen and oxygen atoms in total. The normalized spacial score (nSPS) is 11.4. The van der Waals surface area contributed by atoms with Gasteiger partial charge in [-0.1, -0.05) is 12.1 Å². The number of furan rings is 1. The Morgan fingerprint density at radius 3 is 2.73 bits per heavy atom. The quantitative estimate of drug-likeness (QED) is 0.594. The summed E-state index contributed by atoms with van der Waals surface area (Å²) in [5, 5.41) is 4.08. The van der Waals surface area contributed by atoms with Gasteiger partial charge in [0.25, 0.3) is 0 Å². The highest BCUT2D eigenvalue weighted by atomic mass is 16.3. The molecule has 1 amide bonds. The van der Waals surface area contributed by atoms with Gasteiger partial charge in [0, 0.05) is 18.1 Å².